The highest BCUT2D eigenvalue weighted by atomic mass is 35.5. The molecule has 1 unspecified atom stereocenters. The fourth-order valence-electron chi connectivity index (χ4n) is 1.73. The smallest absolute Gasteiger partial charge is 0.329 e. The van der Waals surface area contributed by atoms with E-state index in [1.165, 1.54) is 35.9 Å². The lowest BCUT2D eigenvalue weighted by Crippen LogP contribution is -2.42. The topological polar surface area (TPSA) is 59.5 Å². The van der Waals surface area contributed by atoms with Crippen LogP contribution in [0.15, 0.2) is 12.1 Å². The van der Waals surface area contributed by atoms with Gasteiger partial charge in [0, 0.05) is 11.3 Å². The second-order valence-electron chi connectivity index (χ2n) is 3.82. The molecule has 2 rings (SSSR count). The van der Waals surface area contributed by atoms with Crippen LogP contribution in [0, 0.1) is 0 Å². The fourth-order valence-corrected chi connectivity index (χ4v) is 3.33. The van der Waals surface area contributed by atoms with Gasteiger partial charge in [0.25, 0.3) is 5.91 Å². The number of methoxy groups -OCH3 is 1. The van der Waals surface area contributed by atoms with Crippen LogP contribution in [0.1, 0.15) is 10.4 Å². The van der Waals surface area contributed by atoms with E-state index in [9.17, 15) is 9.59 Å². The number of hydrogen-bond acceptors (Lipinski definition) is 5. The first-order valence-electron chi connectivity index (χ1n) is 5.32. The van der Waals surface area contributed by atoms with Crippen LogP contribution in [0.4, 0.5) is 0 Å². The van der Waals surface area contributed by atoms with Gasteiger partial charge in [0.2, 0.25) is 0 Å². The molecule has 8 heteroatoms. The Labute approximate surface area is 124 Å². The van der Waals surface area contributed by atoms with Crippen molar-refractivity contribution < 1.29 is 14.3 Å². The number of amides is 1. The molecule has 0 aliphatic carbocycles. The van der Waals surface area contributed by atoms with Gasteiger partial charge in [0.15, 0.2) is 0 Å². The molecule has 1 amide bonds. The van der Waals surface area contributed by atoms with Crippen LogP contribution in [-0.4, -0.2) is 46.5 Å². The Morgan fingerprint density at radius 1 is 1.42 bits per heavy atom. The SMILES string of the molecule is COC(=O)C1CSCN1C(=O)c1cc(Cl)nc(Cl)c1. The molecule has 1 fully saturated rings. The van der Waals surface area contributed by atoms with Crippen molar-refractivity contribution >= 4 is 46.8 Å². The molecule has 0 saturated carbocycles. The van der Waals surface area contributed by atoms with Crippen molar-refractivity contribution in [2.75, 3.05) is 18.7 Å². The number of carbonyl (C=O) groups is 2. The molecule has 1 aliphatic rings. The van der Waals surface area contributed by atoms with E-state index in [4.69, 9.17) is 23.2 Å². The molecule has 0 spiro atoms. The molecule has 1 atom stereocenters. The van der Waals surface area contributed by atoms with Crippen LogP contribution >= 0.6 is 35.0 Å². The Balaban J connectivity index is 2.25. The minimum atomic E-state index is -0.576. The lowest BCUT2D eigenvalue weighted by Gasteiger charge is -2.21. The van der Waals surface area contributed by atoms with Crippen molar-refractivity contribution in [1.29, 1.82) is 0 Å². The minimum Gasteiger partial charge on any atom is -0.467 e. The Bertz CT molecular complexity index is 506. The van der Waals surface area contributed by atoms with Crippen molar-refractivity contribution in [3.63, 3.8) is 0 Å². The zero-order chi connectivity index (χ0) is 14.0. The van der Waals surface area contributed by atoms with Gasteiger partial charge in [-0.25, -0.2) is 9.78 Å². The minimum absolute atomic E-state index is 0.136. The van der Waals surface area contributed by atoms with Crippen LogP contribution < -0.4 is 0 Å². The van der Waals surface area contributed by atoms with Crippen molar-refractivity contribution in [2.45, 2.75) is 6.04 Å². The number of esters is 1. The van der Waals surface area contributed by atoms with Crippen molar-refractivity contribution in [2.24, 2.45) is 0 Å². The molecule has 1 saturated heterocycles. The van der Waals surface area contributed by atoms with Gasteiger partial charge in [-0.1, -0.05) is 23.2 Å². The first-order chi connectivity index (χ1) is 9.02. The summed E-state index contributed by atoms with van der Waals surface area (Å²) in [5, 5.41) is 0.273. The number of nitrogens with zero attached hydrogens (tertiary/aromatic N) is 2. The van der Waals surface area contributed by atoms with Gasteiger partial charge in [-0.05, 0) is 12.1 Å². The first kappa shape index (κ1) is 14.4. The van der Waals surface area contributed by atoms with E-state index in [1.807, 2.05) is 0 Å². The molecule has 0 aromatic carbocycles. The number of thioether (sulfide) groups is 1. The predicted octanol–water partition coefficient (Wildman–Crippen LogP) is 2.08. The predicted molar refractivity (Wildman–Crippen MR) is 73.6 cm³/mol. The molecule has 1 aliphatic heterocycles. The van der Waals surface area contributed by atoms with E-state index >= 15 is 0 Å². The van der Waals surface area contributed by atoms with E-state index in [2.05, 4.69) is 9.72 Å². The van der Waals surface area contributed by atoms with Crippen LogP contribution in [0.3, 0.4) is 0 Å². The highest BCUT2D eigenvalue weighted by Crippen LogP contribution is 2.25. The normalized spacial score (nSPS) is 18.5. The Morgan fingerprint density at radius 2 is 2.05 bits per heavy atom. The van der Waals surface area contributed by atoms with Crippen molar-refractivity contribution in [3.8, 4) is 0 Å². The monoisotopic (exact) mass is 320 g/mol. The van der Waals surface area contributed by atoms with Gasteiger partial charge in [-0.15, -0.1) is 11.8 Å². The number of pyridine rings is 1. The summed E-state index contributed by atoms with van der Waals surface area (Å²) in [5.74, 6) is 0.206. The molecule has 0 radical (unpaired) electrons. The molecule has 1 aromatic heterocycles. The number of rotatable bonds is 2. The van der Waals surface area contributed by atoms with E-state index < -0.39 is 12.0 Å². The maximum absolute atomic E-state index is 12.3. The molecule has 102 valence electrons. The summed E-state index contributed by atoms with van der Waals surface area (Å²) in [5.41, 5.74) is 0.307. The van der Waals surface area contributed by atoms with Gasteiger partial charge in [0.05, 0.1) is 13.0 Å². The summed E-state index contributed by atoms with van der Waals surface area (Å²) in [6.07, 6.45) is 0. The lowest BCUT2D eigenvalue weighted by molar-refractivity contribution is -0.144. The molecule has 0 bridgehead atoms. The fraction of sp³-hybridized carbons (Fsp3) is 0.364. The summed E-state index contributed by atoms with van der Waals surface area (Å²) in [4.78, 5) is 29.2. The molecule has 1 aromatic rings. The number of aromatic nitrogens is 1. The molecule has 0 N–H and O–H groups in total. The zero-order valence-corrected chi connectivity index (χ0v) is 12.3. The third-order valence-electron chi connectivity index (χ3n) is 2.63. The van der Waals surface area contributed by atoms with Gasteiger partial charge in [-0.3, -0.25) is 4.79 Å². The molecular formula is C11H10Cl2N2O3S. The average Bonchev–Trinajstić information content (AvgIpc) is 2.84. The average molecular weight is 321 g/mol. The van der Waals surface area contributed by atoms with Crippen molar-refractivity contribution in [1.82, 2.24) is 9.88 Å². The molecule has 2 heterocycles. The first-order valence-corrected chi connectivity index (χ1v) is 7.23. The highest BCUT2D eigenvalue weighted by Gasteiger charge is 2.36. The summed E-state index contributed by atoms with van der Waals surface area (Å²) >= 11 is 13.0. The largest absolute Gasteiger partial charge is 0.467 e. The summed E-state index contributed by atoms with van der Waals surface area (Å²) in [7, 11) is 1.30. The molecule has 5 nitrogen and oxygen atoms in total. The lowest BCUT2D eigenvalue weighted by atomic mass is 10.2. The van der Waals surface area contributed by atoms with Crippen LogP contribution in [-0.2, 0) is 9.53 Å². The van der Waals surface area contributed by atoms with Crippen LogP contribution in [0.25, 0.3) is 0 Å². The Kier molecular flexibility index (Phi) is 4.54. The number of carbonyl (C=O) groups excluding carboxylic acids is 2. The highest BCUT2D eigenvalue weighted by molar-refractivity contribution is 7.99. The maximum atomic E-state index is 12.3. The number of ether oxygens (including phenoxy) is 1. The number of halogens is 2. The third-order valence-corrected chi connectivity index (χ3v) is 4.03. The maximum Gasteiger partial charge on any atom is 0.329 e. The van der Waals surface area contributed by atoms with Gasteiger partial charge in [0.1, 0.15) is 16.3 Å². The van der Waals surface area contributed by atoms with Crippen LogP contribution in [0.2, 0.25) is 10.3 Å². The molecular weight excluding hydrogens is 311 g/mol. The Morgan fingerprint density at radius 3 is 2.63 bits per heavy atom. The molecule has 19 heavy (non-hydrogen) atoms. The van der Waals surface area contributed by atoms with Gasteiger partial charge < -0.3 is 9.64 Å². The van der Waals surface area contributed by atoms with E-state index in [0.717, 1.165) is 0 Å². The number of hydrogen-bond donors (Lipinski definition) is 0. The summed E-state index contributed by atoms with van der Waals surface area (Å²) in [6, 6.07) is 2.27. The van der Waals surface area contributed by atoms with Gasteiger partial charge >= 0.3 is 5.97 Å². The second-order valence-corrected chi connectivity index (χ2v) is 5.59. The standard InChI is InChI=1S/C11H10Cl2N2O3S/c1-18-11(17)7-4-19-5-15(7)10(16)6-2-8(12)14-9(13)3-6/h2-3,7H,4-5H2,1H3. The van der Waals surface area contributed by atoms with Crippen molar-refractivity contribution in [3.05, 3.63) is 28.0 Å². The second kappa shape index (κ2) is 5.98. The van der Waals surface area contributed by atoms with E-state index in [-0.39, 0.29) is 16.2 Å². The summed E-state index contributed by atoms with van der Waals surface area (Å²) < 4.78 is 4.69. The zero-order valence-electron chi connectivity index (χ0n) is 9.93. The van der Waals surface area contributed by atoms with Crippen LogP contribution in [0.5, 0.6) is 0 Å². The quantitative estimate of drug-likeness (QED) is 0.616. The third kappa shape index (κ3) is 3.13. The Hall–Kier alpha value is -0.980. The van der Waals surface area contributed by atoms with Gasteiger partial charge in [-0.2, -0.15) is 0 Å². The van der Waals surface area contributed by atoms with E-state index in [1.54, 1.807) is 0 Å². The van der Waals surface area contributed by atoms with E-state index in [0.29, 0.717) is 17.2 Å². The summed E-state index contributed by atoms with van der Waals surface area (Å²) in [6.45, 7) is 0.